The maximum Gasteiger partial charge on any atom is 0.0702 e. The summed E-state index contributed by atoms with van der Waals surface area (Å²) in [6.45, 7) is 4.48. The Labute approximate surface area is 185 Å². The van der Waals surface area contributed by atoms with Gasteiger partial charge in [0.2, 0.25) is 0 Å². The Kier molecular flexibility index (Phi) is 9.93. The number of hydrogen-bond acceptors (Lipinski definition) is 1. The van der Waals surface area contributed by atoms with Gasteiger partial charge in [-0.1, -0.05) is 108 Å². The van der Waals surface area contributed by atoms with E-state index in [0.717, 1.165) is 24.0 Å². The Balaban J connectivity index is 1.39. The molecule has 3 rings (SSSR count). The van der Waals surface area contributed by atoms with Crippen molar-refractivity contribution in [2.45, 2.75) is 104 Å². The number of unbranched alkanes of at least 4 members (excludes halogenated alkanes) is 5. The molecule has 30 heavy (non-hydrogen) atoms. The second-order valence-electron chi connectivity index (χ2n) is 9.60. The van der Waals surface area contributed by atoms with Crippen molar-refractivity contribution in [1.29, 1.82) is 0 Å². The summed E-state index contributed by atoms with van der Waals surface area (Å²) in [5.74, 6) is 1.96. The van der Waals surface area contributed by atoms with Crippen molar-refractivity contribution in [1.82, 2.24) is 4.98 Å². The van der Waals surface area contributed by atoms with Gasteiger partial charge in [0.05, 0.1) is 5.69 Å². The number of rotatable bonds is 12. The highest BCUT2D eigenvalue weighted by Crippen LogP contribution is 2.35. The molecular formula is C29H43N. The average Bonchev–Trinajstić information content (AvgIpc) is 2.81. The van der Waals surface area contributed by atoms with E-state index in [1.54, 1.807) is 0 Å². The van der Waals surface area contributed by atoms with E-state index in [-0.39, 0.29) is 0 Å². The zero-order chi connectivity index (χ0) is 21.0. The van der Waals surface area contributed by atoms with E-state index < -0.39 is 0 Å². The lowest BCUT2D eigenvalue weighted by Gasteiger charge is -2.29. The third-order valence-corrected chi connectivity index (χ3v) is 7.18. The Hall–Kier alpha value is -1.63. The number of aromatic nitrogens is 1. The van der Waals surface area contributed by atoms with Gasteiger partial charge in [-0.3, -0.25) is 4.98 Å². The molecule has 1 saturated carbocycles. The number of benzene rings is 1. The predicted octanol–water partition coefficient (Wildman–Crippen LogP) is 8.80. The number of nitrogens with zero attached hydrogens (tertiary/aromatic N) is 1. The number of aryl methyl sites for hydroxylation is 2. The molecule has 1 fully saturated rings. The smallest absolute Gasteiger partial charge is 0.0702 e. The van der Waals surface area contributed by atoms with Gasteiger partial charge in [-0.05, 0) is 54.7 Å². The summed E-state index contributed by atoms with van der Waals surface area (Å²) in [4.78, 5) is 4.62. The maximum absolute atomic E-state index is 4.62. The Morgan fingerprint density at radius 1 is 0.767 bits per heavy atom. The van der Waals surface area contributed by atoms with Crippen LogP contribution < -0.4 is 0 Å². The first-order valence-corrected chi connectivity index (χ1v) is 12.8. The highest BCUT2D eigenvalue weighted by molar-refractivity contribution is 5.59. The first-order valence-electron chi connectivity index (χ1n) is 12.8. The standard InChI is InChI=1S/C29H43N/c1-3-5-6-7-8-9-11-26-12-10-13-27(22-26)15-14-25-16-19-28(20-17-25)29-21-18-24(4-2)23-30-29/h16-21,23,26-27H,3-15,22H2,1-2H3. The van der Waals surface area contributed by atoms with Crippen LogP contribution in [0, 0.1) is 11.8 Å². The molecule has 2 unspecified atom stereocenters. The van der Waals surface area contributed by atoms with Gasteiger partial charge in [-0.25, -0.2) is 0 Å². The topological polar surface area (TPSA) is 12.9 Å². The monoisotopic (exact) mass is 405 g/mol. The predicted molar refractivity (Wildman–Crippen MR) is 131 cm³/mol. The highest BCUT2D eigenvalue weighted by atomic mass is 14.7. The molecule has 1 heterocycles. The third kappa shape index (κ3) is 7.56. The van der Waals surface area contributed by atoms with Crippen LogP contribution in [0.15, 0.2) is 42.6 Å². The van der Waals surface area contributed by atoms with Gasteiger partial charge >= 0.3 is 0 Å². The van der Waals surface area contributed by atoms with Crippen LogP contribution in [0.2, 0.25) is 0 Å². The van der Waals surface area contributed by atoms with Crippen molar-refractivity contribution in [2.75, 3.05) is 0 Å². The van der Waals surface area contributed by atoms with Crippen LogP contribution in [0.3, 0.4) is 0 Å². The summed E-state index contributed by atoms with van der Waals surface area (Å²) in [7, 11) is 0. The van der Waals surface area contributed by atoms with Crippen LogP contribution >= 0.6 is 0 Å². The molecule has 0 radical (unpaired) electrons. The molecule has 2 atom stereocenters. The number of pyridine rings is 1. The fraction of sp³-hybridized carbons (Fsp3) is 0.621. The molecule has 0 amide bonds. The van der Waals surface area contributed by atoms with Crippen molar-refractivity contribution >= 4 is 0 Å². The lowest BCUT2D eigenvalue weighted by atomic mass is 9.77. The Morgan fingerprint density at radius 3 is 2.17 bits per heavy atom. The van der Waals surface area contributed by atoms with Crippen molar-refractivity contribution in [3.05, 3.63) is 53.7 Å². The zero-order valence-corrected chi connectivity index (χ0v) is 19.5. The lowest BCUT2D eigenvalue weighted by Crippen LogP contribution is -2.16. The van der Waals surface area contributed by atoms with E-state index in [2.05, 4.69) is 55.2 Å². The highest BCUT2D eigenvalue weighted by Gasteiger charge is 2.21. The number of hydrogen-bond donors (Lipinski definition) is 0. The van der Waals surface area contributed by atoms with Crippen LogP contribution in [-0.2, 0) is 12.8 Å². The molecule has 1 aliphatic carbocycles. The van der Waals surface area contributed by atoms with Crippen LogP contribution in [0.5, 0.6) is 0 Å². The molecule has 2 aromatic rings. The van der Waals surface area contributed by atoms with E-state index in [9.17, 15) is 0 Å². The van der Waals surface area contributed by atoms with E-state index in [1.165, 1.54) is 100 Å². The summed E-state index contributed by atoms with van der Waals surface area (Å²) >= 11 is 0. The van der Waals surface area contributed by atoms with E-state index in [4.69, 9.17) is 0 Å². The molecule has 1 heteroatoms. The minimum Gasteiger partial charge on any atom is -0.256 e. The van der Waals surface area contributed by atoms with Gasteiger partial charge in [-0.2, -0.15) is 0 Å². The molecule has 1 nitrogen and oxygen atoms in total. The minimum atomic E-state index is 0.951. The fourth-order valence-corrected chi connectivity index (χ4v) is 5.16. The second-order valence-corrected chi connectivity index (χ2v) is 9.60. The quantitative estimate of drug-likeness (QED) is 0.321. The molecule has 0 spiro atoms. The van der Waals surface area contributed by atoms with E-state index in [0.29, 0.717) is 0 Å². The first-order chi connectivity index (χ1) is 14.8. The molecule has 0 N–H and O–H groups in total. The third-order valence-electron chi connectivity index (χ3n) is 7.18. The van der Waals surface area contributed by atoms with Gasteiger partial charge in [0, 0.05) is 11.8 Å². The molecule has 0 bridgehead atoms. The van der Waals surface area contributed by atoms with Crippen LogP contribution in [0.4, 0.5) is 0 Å². The largest absolute Gasteiger partial charge is 0.256 e. The van der Waals surface area contributed by atoms with Gasteiger partial charge in [0.1, 0.15) is 0 Å². The van der Waals surface area contributed by atoms with E-state index >= 15 is 0 Å². The first kappa shape index (κ1) is 23.0. The normalized spacial score (nSPS) is 19.1. The molecule has 164 valence electrons. The van der Waals surface area contributed by atoms with Crippen molar-refractivity contribution in [3.8, 4) is 11.3 Å². The van der Waals surface area contributed by atoms with Crippen LogP contribution in [0.1, 0.15) is 102 Å². The van der Waals surface area contributed by atoms with Crippen molar-refractivity contribution in [3.63, 3.8) is 0 Å². The van der Waals surface area contributed by atoms with Gasteiger partial charge < -0.3 is 0 Å². The Morgan fingerprint density at radius 2 is 1.47 bits per heavy atom. The fourth-order valence-electron chi connectivity index (χ4n) is 5.16. The van der Waals surface area contributed by atoms with Gasteiger partial charge in [-0.15, -0.1) is 0 Å². The van der Waals surface area contributed by atoms with Gasteiger partial charge in [0.15, 0.2) is 0 Å². The van der Waals surface area contributed by atoms with Gasteiger partial charge in [0.25, 0.3) is 0 Å². The van der Waals surface area contributed by atoms with E-state index in [1.807, 2.05) is 6.20 Å². The van der Waals surface area contributed by atoms with Crippen LogP contribution in [-0.4, -0.2) is 4.98 Å². The molecule has 1 aromatic carbocycles. The SMILES string of the molecule is CCCCCCCCC1CCCC(CCc2ccc(-c3ccc(CC)cn3)cc2)C1. The molecule has 1 aliphatic rings. The molecule has 0 aliphatic heterocycles. The summed E-state index contributed by atoms with van der Waals surface area (Å²) < 4.78 is 0. The Bertz CT molecular complexity index is 700. The zero-order valence-electron chi connectivity index (χ0n) is 19.5. The molecular weight excluding hydrogens is 362 g/mol. The van der Waals surface area contributed by atoms with Crippen molar-refractivity contribution < 1.29 is 0 Å². The minimum absolute atomic E-state index is 0.951. The molecule has 0 saturated heterocycles. The summed E-state index contributed by atoms with van der Waals surface area (Å²) in [5.41, 5.74) is 5.11. The van der Waals surface area contributed by atoms with Crippen LogP contribution in [0.25, 0.3) is 11.3 Å². The summed E-state index contributed by atoms with van der Waals surface area (Å²) in [5, 5.41) is 0. The second kappa shape index (κ2) is 12.9. The average molecular weight is 406 g/mol. The lowest BCUT2D eigenvalue weighted by molar-refractivity contribution is 0.239. The summed E-state index contributed by atoms with van der Waals surface area (Å²) in [6, 6.07) is 13.5. The molecule has 1 aromatic heterocycles. The van der Waals surface area contributed by atoms with Crippen molar-refractivity contribution in [2.24, 2.45) is 11.8 Å². The summed E-state index contributed by atoms with van der Waals surface area (Å²) in [6.07, 6.45) is 21.7. The maximum atomic E-state index is 4.62.